The maximum absolute atomic E-state index is 12.8. The average Bonchev–Trinajstić information content (AvgIpc) is 2.78. The summed E-state index contributed by atoms with van der Waals surface area (Å²) in [4.78, 5) is 0. The van der Waals surface area contributed by atoms with Crippen molar-refractivity contribution < 1.29 is 22.7 Å². The van der Waals surface area contributed by atoms with Gasteiger partial charge in [-0.15, -0.1) is 0 Å². The highest BCUT2D eigenvalue weighted by Crippen LogP contribution is 2.41. The molecule has 0 aromatic rings. The van der Waals surface area contributed by atoms with Crippen LogP contribution in [-0.4, -0.2) is 46.3 Å². The fourth-order valence-corrected chi connectivity index (χ4v) is 3.68. The molecule has 0 unspecified atom stereocenters. The molecule has 3 nitrogen and oxygen atoms in total. The predicted molar refractivity (Wildman–Crippen MR) is 71.0 cm³/mol. The third kappa shape index (κ3) is 2.86. The number of hydrogen-bond donors (Lipinski definition) is 0. The molecule has 2 aliphatic rings. The van der Waals surface area contributed by atoms with Crippen LogP contribution in [0, 0.1) is 5.92 Å². The summed E-state index contributed by atoms with van der Waals surface area (Å²) in [7, 11) is -1.93. The molecule has 4 atom stereocenters. The number of alkyl halides is 2. The van der Waals surface area contributed by atoms with Gasteiger partial charge in [-0.05, 0) is 18.1 Å². The van der Waals surface area contributed by atoms with E-state index in [1.807, 2.05) is 0 Å². The van der Waals surface area contributed by atoms with Crippen LogP contribution in [0.25, 0.3) is 0 Å². The average molecular weight is 294 g/mol. The molecule has 2 aliphatic heterocycles. The van der Waals surface area contributed by atoms with Gasteiger partial charge in [0.2, 0.25) is 6.43 Å². The Bertz CT molecular complexity index is 330. The van der Waals surface area contributed by atoms with Gasteiger partial charge in [0, 0.05) is 0 Å². The van der Waals surface area contributed by atoms with Crippen LogP contribution in [0.4, 0.5) is 8.78 Å². The SMILES string of the molecule is CC(C)(C)[Si](C)(C)O[C@@H]1CO[C@H]2[C@H]1OC[C@H]2C(F)F. The van der Waals surface area contributed by atoms with Crippen molar-refractivity contribution in [1.82, 2.24) is 0 Å². The lowest BCUT2D eigenvalue weighted by Crippen LogP contribution is -2.47. The van der Waals surface area contributed by atoms with Gasteiger partial charge < -0.3 is 13.9 Å². The van der Waals surface area contributed by atoms with Crippen molar-refractivity contribution >= 4 is 8.32 Å². The van der Waals surface area contributed by atoms with Crippen LogP contribution >= 0.6 is 0 Å². The fraction of sp³-hybridized carbons (Fsp3) is 1.00. The van der Waals surface area contributed by atoms with Gasteiger partial charge in [-0.1, -0.05) is 20.8 Å². The van der Waals surface area contributed by atoms with Crippen LogP contribution in [0.3, 0.4) is 0 Å². The molecular weight excluding hydrogens is 270 g/mol. The first-order valence-electron chi connectivity index (χ1n) is 6.82. The summed E-state index contributed by atoms with van der Waals surface area (Å²) in [5.41, 5.74) is 0. The van der Waals surface area contributed by atoms with Gasteiger partial charge >= 0.3 is 0 Å². The molecule has 0 aromatic heterocycles. The summed E-state index contributed by atoms with van der Waals surface area (Å²) < 4.78 is 43.0. The highest BCUT2D eigenvalue weighted by atomic mass is 28.4. The number of halogens is 2. The molecule has 0 amide bonds. The summed E-state index contributed by atoms with van der Waals surface area (Å²) in [5, 5.41) is 0.0891. The minimum absolute atomic E-state index is 0.0738. The molecule has 2 fully saturated rings. The molecule has 0 bridgehead atoms. The zero-order chi connectivity index (χ0) is 14.4. The second kappa shape index (κ2) is 5.06. The van der Waals surface area contributed by atoms with E-state index in [-0.39, 0.29) is 23.9 Å². The van der Waals surface area contributed by atoms with Crippen LogP contribution in [0.1, 0.15) is 20.8 Å². The summed E-state index contributed by atoms with van der Waals surface area (Å²) in [5.74, 6) is -0.807. The minimum atomic E-state index is -2.39. The molecule has 2 saturated heterocycles. The Hall–Kier alpha value is -0.0431. The van der Waals surface area contributed by atoms with Crippen LogP contribution in [0.2, 0.25) is 18.1 Å². The van der Waals surface area contributed by atoms with Crippen molar-refractivity contribution in [3.05, 3.63) is 0 Å². The van der Waals surface area contributed by atoms with Crippen molar-refractivity contribution in [2.24, 2.45) is 5.92 Å². The third-order valence-electron chi connectivity index (χ3n) is 4.62. The molecule has 0 aromatic carbocycles. The van der Waals surface area contributed by atoms with Gasteiger partial charge in [-0.25, -0.2) is 8.78 Å². The second-order valence-corrected chi connectivity index (χ2v) is 11.8. The van der Waals surface area contributed by atoms with E-state index in [1.165, 1.54) is 0 Å². The Labute approximate surface area is 114 Å². The summed E-state index contributed by atoms with van der Waals surface area (Å²) in [6.45, 7) is 11.2. The predicted octanol–water partition coefficient (Wildman–Crippen LogP) is 3.06. The van der Waals surface area contributed by atoms with E-state index in [4.69, 9.17) is 13.9 Å². The third-order valence-corrected chi connectivity index (χ3v) is 9.13. The largest absolute Gasteiger partial charge is 0.409 e. The maximum Gasteiger partial charge on any atom is 0.246 e. The molecule has 0 aliphatic carbocycles. The first-order valence-corrected chi connectivity index (χ1v) is 9.73. The molecule has 6 heteroatoms. The van der Waals surface area contributed by atoms with Gasteiger partial charge in [0.25, 0.3) is 0 Å². The van der Waals surface area contributed by atoms with Gasteiger partial charge in [-0.3, -0.25) is 0 Å². The summed E-state index contributed by atoms with van der Waals surface area (Å²) in [6, 6.07) is 0. The van der Waals surface area contributed by atoms with E-state index in [0.717, 1.165) is 0 Å². The van der Waals surface area contributed by atoms with Crippen molar-refractivity contribution in [2.45, 2.75) is 63.6 Å². The fourth-order valence-electron chi connectivity index (χ4n) is 2.37. The lowest BCUT2D eigenvalue weighted by Gasteiger charge is -2.39. The second-order valence-electron chi connectivity index (χ2n) is 7.01. The number of fused-ring (bicyclic) bond motifs is 1. The Morgan fingerprint density at radius 1 is 1.11 bits per heavy atom. The molecule has 19 heavy (non-hydrogen) atoms. The molecule has 0 radical (unpaired) electrons. The zero-order valence-electron chi connectivity index (χ0n) is 12.3. The number of hydrogen-bond acceptors (Lipinski definition) is 3. The van der Waals surface area contributed by atoms with E-state index in [0.29, 0.717) is 6.61 Å². The highest BCUT2D eigenvalue weighted by Gasteiger charge is 2.53. The number of ether oxygens (including phenoxy) is 2. The normalized spacial score (nSPS) is 36.0. The monoisotopic (exact) mass is 294 g/mol. The first kappa shape index (κ1) is 15.3. The molecule has 0 saturated carbocycles. The minimum Gasteiger partial charge on any atom is -0.409 e. The van der Waals surface area contributed by atoms with Gasteiger partial charge in [-0.2, -0.15) is 0 Å². The van der Waals surface area contributed by atoms with E-state index >= 15 is 0 Å². The van der Waals surface area contributed by atoms with E-state index < -0.39 is 26.8 Å². The van der Waals surface area contributed by atoms with E-state index in [2.05, 4.69) is 33.9 Å². The lowest BCUT2D eigenvalue weighted by atomic mass is 10.0. The van der Waals surface area contributed by atoms with Crippen molar-refractivity contribution in [3.8, 4) is 0 Å². The smallest absolute Gasteiger partial charge is 0.246 e. The van der Waals surface area contributed by atoms with Crippen molar-refractivity contribution in [2.75, 3.05) is 13.2 Å². The summed E-state index contributed by atoms with van der Waals surface area (Å²) in [6.07, 6.45) is -3.42. The van der Waals surface area contributed by atoms with Gasteiger partial charge in [0.05, 0.1) is 31.3 Å². The first-order chi connectivity index (χ1) is 8.63. The lowest BCUT2D eigenvalue weighted by molar-refractivity contribution is -0.0122. The molecule has 112 valence electrons. The quantitative estimate of drug-likeness (QED) is 0.749. The van der Waals surface area contributed by atoms with Crippen molar-refractivity contribution in [3.63, 3.8) is 0 Å². The molecule has 2 heterocycles. The Morgan fingerprint density at radius 3 is 2.21 bits per heavy atom. The van der Waals surface area contributed by atoms with Crippen LogP contribution < -0.4 is 0 Å². The molecule has 0 N–H and O–H groups in total. The van der Waals surface area contributed by atoms with Crippen LogP contribution in [0.5, 0.6) is 0 Å². The van der Waals surface area contributed by atoms with Gasteiger partial charge in [0.15, 0.2) is 8.32 Å². The Balaban J connectivity index is 2.02. The number of rotatable bonds is 3. The zero-order valence-corrected chi connectivity index (χ0v) is 13.3. The molecule has 0 spiro atoms. The van der Waals surface area contributed by atoms with E-state index in [1.54, 1.807) is 0 Å². The summed E-state index contributed by atoms with van der Waals surface area (Å²) >= 11 is 0. The van der Waals surface area contributed by atoms with Crippen LogP contribution in [0.15, 0.2) is 0 Å². The maximum atomic E-state index is 12.8. The Kier molecular flexibility index (Phi) is 4.08. The molecule has 2 rings (SSSR count). The Morgan fingerprint density at radius 2 is 1.68 bits per heavy atom. The highest BCUT2D eigenvalue weighted by molar-refractivity contribution is 6.74. The molecular formula is C13H24F2O3Si. The van der Waals surface area contributed by atoms with Crippen molar-refractivity contribution in [1.29, 1.82) is 0 Å². The standard InChI is InChI=1S/C13H24F2O3Si/c1-13(2,3)19(4,5)18-9-7-17-10-8(12(14)15)6-16-11(9)10/h8-12H,6-7H2,1-5H3/t8-,9-,10-,11+/m1/s1. The van der Waals surface area contributed by atoms with Gasteiger partial charge in [0.1, 0.15) is 6.10 Å². The van der Waals surface area contributed by atoms with E-state index in [9.17, 15) is 8.78 Å². The van der Waals surface area contributed by atoms with Crippen LogP contribution in [-0.2, 0) is 13.9 Å². The topological polar surface area (TPSA) is 27.7 Å².